The highest BCUT2D eigenvalue weighted by molar-refractivity contribution is 7.10. The van der Waals surface area contributed by atoms with E-state index in [-0.39, 0.29) is 0 Å². The number of benzene rings is 3. The lowest BCUT2D eigenvalue weighted by Crippen LogP contribution is -2.79. The van der Waals surface area contributed by atoms with Gasteiger partial charge in [0.25, 0.3) is 6.28 Å². The molecule has 1 aliphatic rings. The number of hydrogen-bond acceptors (Lipinski definition) is 0. The van der Waals surface area contributed by atoms with Crippen LogP contribution in [-0.4, -0.2) is 31.3 Å². The summed E-state index contributed by atoms with van der Waals surface area (Å²) in [5.41, 5.74) is 7.24. The van der Waals surface area contributed by atoms with E-state index in [2.05, 4.69) is 112 Å². The predicted molar refractivity (Wildman–Crippen MR) is 119 cm³/mol. The Morgan fingerprint density at radius 1 is 0.667 bits per heavy atom. The molecule has 0 fully saturated rings. The molecule has 1 heterocycles. The summed E-state index contributed by atoms with van der Waals surface area (Å²) in [5, 5.41) is 0. The number of nitrogens with zero attached hydrogens (tertiary/aromatic N) is 1. The second kappa shape index (κ2) is 6.86. The van der Waals surface area contributed by atoms with Crippen molar-refractivity contribution in [2.24, 2.45) is 0 Å². The van der Waals surface area contributed by atoms with Crippen LogP contribution in [0.3, 0.4) is 0 Å². The zero-order valence-electron chi connectivity index (χ0n) is 16.6. The van der Waals surface area contributed by atoms with Crippen molar-refractivity contribution in [1.29, 1.82) is 0 Å². The fraction of sp³-hybridized carbons (Fsp3) is 0.200. The molecule has 0 atom stereocenters. The topological polar surface area (TPSA) is 0 Å². The summed E-state index contributed by atoms with van der Waals surface area (Å²) in [6.07, 6.45) is -0.0126. The van der Waals surface area contributed by atoms with Crippen LogP contribution in [0.1, 0.15) is 18.9 Å². The first-order chi connectivity index (χ1) is 13.1. The van der Waals surface area contributed by atoms with E-state index in [0.717, 1.165) is 17.4 Å². The van der Waals surface area contributed by atoms with Crippen molar-refractivity contribution in [2.75, 3.05) is 20.6 Å². The molecule has 0 saturated carbocycles. The van der Waals surface area contributed by atoms with Gasteiger partial charge in [-0.2, -0.15) is 0 Å². The van der Waals surface area contributed by atoms with E-state index < -0.39 is 6.28 Å². The third-order valence-electron chi connectivity index (χ3n) is 6.64. The molecular formula is C25H28BN. The second-order valence-corrected chi connectivity index (χ2v) is 8.45. The van der Waals surface area contributed by atoms with Gasteiger partial charge in [-0.05, 0) is 6.92 Å². The molecule has 4 rings (SSSR count). The molecule has 0 aliphatic carbocycles. The SMILES string of the molecule is CC1=C(c2ccccc2)[B-](c2ccccc2)(c2ccccc2)[N+](C)(C)CC1. The summed E-state index contributed by atoms with van der Waals surface area (Å²) in [7, 11) is 4.82. The Morgan fingerprint density at radius 2 is 1.11 bits per heavy atom. The average molecular weight is 353 g/mol. The van der Waals surface area contributed by atoms with Gasteiger partial charge in [-0.15, -0.1) is 16.4 Å². The van der Waals surface area contributed by atoms with Crippen molar-refractivity contribution in [2.45, 2.75) is 13.3 Å². The molecule has 0 saturated heterocycles. The van der Waals surface area contributed by atoms with Crippen molar-refractivity contribution in [1.82, 2.24) is 0 Å². The van der Waals surface area contributed by atoms with E-state index in [1.165, 1.54) is 27.5 Å². The molecule has 136 valence electrons. The molecule has 0 spiro atoms. The molecule has 3 aromatic rings. The minimum Gasteiger partial charge on any atom is -0.509 e. The van der Waals surface area contributed by atoms with Crippen LogP contribution in [0.25, 0.3) is 5.47 Å². The molecule has 1 nitrogen and oxygen atoms in total. The van der Waals surface area contributed by atoms with E-state index in [4.69, 9.17) is 0 Å². The Balaban J connectivity index is 2.14. The van der Waals surface area contributed by atoms with Crippen LogP contribution < -0.4 is 10.9 Å². The minimum atomic E-state index is -1.15. The van der Waals surface area contributed by atoms with Crippen molar-refractivity contribution in [3.05, 3.63) is 102 Å². The second-order valence-electron chi connectivity index (χ2n) is 8.45. The van der Waals surface area contributed by atoms with Crippen LogP contribution in [0.15, 0.2) is 96.6 Å². The van der Waals surface area contributed by atoms with Crippen molar-refractivity contribution < 1.29 is 4.39 Å². The van der Waals surface area contributed by atoms with Gasteiger partial charge >= 0.3 is 0 Å². The maximum atomic E-state index is 2.41. The van der Waals surface area contributed by atoms with E-state index in [1.807, 2.05) is 0 Å². The zero-order chi connectivity index (χ0) is 18.9. The molecule has 0 unspecified atom stereocenters. The molecule has 0 aromatic heterocycles. The molecule has 0 amide bonds. The Labute approximate surface area is 163 Å². The van der Waals surface area contributed by atoms with E-state index in [0.29, 0.717) is 0 Å². The molecular weight excluding hydrogens is 325 g/mol. The summed E-state index contributed by atoms with van der Waals surface area (Å²) in [6, 6.07) is 33.3. The smallest absolute Gasteiger partial charge is 0.291 e. The van der Waals surface area contributed by atoms with Crippen LogP contribution in [-0.2, 0) is 0 Å². The van der Waals surface area contributed by atoms with Gasteiger partial charge in [-0.25, -0.2) is 0 Å². The highest BCUT2D eigenvalue weighted by atomic mass is 15.3. The van der Waals surface area contributed by atoms with Crippen LogP contribution in [0.4, 0.5) is 0 Å². The van der Waals surface area contributed by atoms with Gasteiger partial charge in [-0.3, -0.25) is 0 Å². The van der Waals surface area contributed by atoms with Gasteiger partial charge in [-0.1, -0.05) is 102 Å². The first-order valence-corrected chi connectivity index (χ1v) is 9.92. The maximum Gasteiger partial charge on any atom is 0.291 e. The van der Waals surface area contributed by atoms with Crippen molar-refractivity contribution in [3.63, 3.8) is 0 Å². The van der Waals surface area contributed by atoms with Gasteiger partial charge in [0.15, 0.2) is 0 Å². The normalized spacial score (nSPS) is 18.3. The van der Waals surface area contributed by atoms with E-state index in [9.17, 15) is 0 Å². The van der Waals surface area contributed by atoms with Crippen LogP contribution in [0, 0.1) is 0 Å². The number of rotatable bonds is 3. The van der Waals surface area contributed by atoms with Crippen molar-refractivity contribution in [3.8, 4) is 0 Å². The molecule has 1 aliphatic heterocycles. The van der Waals surface area contributed by atoms with Crippen molar-refractivity contribution >= 4 is 22.7 Å². The monoisotopic (exact) mass is 353 g/mol. The standard InChI is InChI=1S/C25H28BN/c1-21-19-20-27(2,3)26(23-15-9-5-10-16-23,24-17-11-6-12-18-24)25(21)22-13-7-4-8-14-22/h4-18H,19-20H2,1-3H3. The van der Waals surface area contributed by atoms with Gasteiger partial charge in [0.05, 0.1) is 0 Å². The lowest BCUT2D eigenvalue weighted by Gasteiger charge is -2.61. The fourth-order valence-corrected chi connectivity index (χ4v) is 5.39. The first kappa shape index (κ1) is 17.8. The number of quaternary nitrogens is 1. The quantitative estimate of drug-likeness (QED) is 0.618. The van der Waals surface area contributed by atoms with E-state index >= 15 is 0 Å². The summed E-state index contributed by atoms with van der Waals surface area (Å²) in [4.78, 5) is 0. The van der Waals surface area contributed by atoms with Gasteiger partial charge in [0.1, 0.15) is 0 Å². The summed E-state index contributed by atoms with van der Waals surface area (Å²) >= 11 is 0. The van der Waals surface area contributed by atoms with Crippen LogP contribution in [0.2, 0.25) is 0 Å². The highest BCUT2D eigenvalue weighted by Gasteiger charge is 2.50. The molecule has 0 N–H and O–H groups in total. The average Bonchev–Trinajstić information content (AvgIpc) is 2.71. The third kappa shape index (κ3) is 2.76. The summed E-state index contributed by atoms with van der Waals surface area (Å²) < 4.78 is 0.968. The largest absolute Gasteiger partial charge is 0.509 e. The summed E-state index contributed by atoms with van der Waals surface area (Å²) in [5.74, 6) is 0. The lowest BCUT2D eigenvalue weighted by molar-refractivity contribution is -0.787. The van der Waals surface area contributed by atoms with Gasteiger partial charge in [0, 0.05) is 27.1 Å². The Kier molecular flexibility index (Phi) is 4.53. The molecule has 2 heteroatoms. The minimum absolute atomic E-state index is 0.968. The van der Waals surface area contributed by atoms with Gasteiger partial charge < -0.3 is 4.39 Å². The number of hydrogen-bond donors (Lipinski definition) is 0. The van der Waals surface area contributed by atoms with E-state index in [1.54, 1.807) is 0 Å². The predicted octanol–water partition coefficient (Wildman–Crippen LogP) is 4.24. The van der Waals surface area contributed by atoms with Crippen LogP contribution in [0.5, 0.6) is 0 Å². The zero-order valence-corrected chi connectivity index (χ0v) is 16.6. The Bertz CT molecular complexity index is 904. The third-order valence-corrected chi connectivity index (χ3v) is 6.64. The lowest BCUT2D eigenvalue weighted by atomic mass is 9.19. The fourth-order valence-electron chi connectivity index (χ4n) is 5.39. The van der Waals surface area contributed by atoms with Crippen LogP contribution >= 0.6 is 0 Å². The molecule has 0 bridgehead atoms. The van der Waals surface area contributed by atoms with Gasteiger partial charge in [0.2, 0.25) is 0 Å². The molecule has 3 aromatic carbocycles. The Morgan fingerprint density at radius 3 is 1.59 bits per heavy atom. The first-order valence-electron chi connectivity index (χ1n) is 9.92. The molecule has 27 heavy (non-hydrogen) atoms. The highest BCUT2D eigenvalue weighted by Crippen LogP contribution is 2.39. The molecule has 0 radical (unpaired) electrons. The summed E-state index contributed by atoms with van der Waals surface area (Å²) in [6.45, 7) is 3.48. The maximum absolute atomic E-state index is 2.41. The Hall–Kier alpha value is -2.58.